The number of carbonyl (C=O) groups is 2. The first-order chi connectivity index (χ1) is 14.3. The van der Waals surface area contributed by atoms with Crippen LogP contribution in [0.1, 0.15) is 43.7 Å². The molecule has 1 aliphatic rings. The number of primary amides is 1. The molecule has 160 valence electrons. The molecule has 3 N–H and O–H groups in total. The lowest BCUT2D eigenvalue weighted by Gasteiger charge is -2.32. The van der Waals surface area contributed by atoms with Crippen LogP contribution in [-0.2, 0) is 9.59 Å². The third kappa shape index (κ3) is 5.49. The van der Waals surface area contributed by atoms with Gasteiger partial charge in [0.25, 0.3) is 5.91 Å². The van der Waals surface area contributed by atoms with E-state index < -0.39 is 0 Å². The molecule has 1 aliphatic heterocycles. The van der Waals surface area contributed by atoms with Crippen LogP contribution in [0.4, 0.5) is 11.5 Å². The van der Waals surface area contributed by atoms with Crippen molar-refractivity contribution in [1.82, 2.24) is 4.98 Å². The van der Waals surface area contributed by atoms with E-state index in [0.717, 1.165) is 36.5 Å². The zero-order valence-electron chi connectivity index (χ0n) is 17.9. The second-order valence-corrected chi connectivity index (χ2v) is 8.11. The lowest BCUT2D eigenvalue weighted by Crippen LogP contribution is -2.41. The minimum atomic E-state index is -0.266. The summed E-state index contributed by atoms with van der Waals surface area (Å²) >= 11 is 0. The lowest BCUT2D eigenvalue weighted by molar-refractivity contribution is -0.122. The second kappa shape index (κ2) is 9.61. The van der Waals surface area contributed by atoms with Gasteiger partial charge in [-0.15, -0.1) is 0 Å². The number of anilines is 2. The second-order valence-electron chi connectivity index (χ2n) is 8.11. The van der Waals surface area contributed by atoms with E-state index in [4.69, 9.17) is 10.5 Å². The molecule has 0 spiro atoms. The number of pyridine rings is 1. The topological polar surface area (TPSA) is 97.5 Å². The fourth-order valence-corrected chi connectivity index (χ4v) is 3.54. The Labute approximate surface area is 177 Å². The number of ether oxygens (including phenoxy) is 1. The Morgan fingerprint density at radius 2 is 2.10 bits per heavy atom. The fraction of sp³-hybridized carbons (Fsp3) is 0.435. The molecule has 2 heterocycles. The van der Waals surface area contributed by atoms with E-state index >= 15 is 0 Å². The highest BCUT2D eigenvalue weighted by Gasteiger charge is 2.24. The van der Waals surface area contributed by atoms with Crippen molar-refractivity contribution in [1.29, 1.82) is 0 Å². The van der Waals surface area contributed by atoms with Crippen molar-refractivity contribution >= 4 is 23.3 Å². The number of amides is 2. The molecule has 7 nitrogen and oxygen atoms in total. The van der Waals surface area contributed by atoms with Gasteiger partial charge >= 0.3 is 0 Å². The third-order valence-corrected chi connectivity index (χ3v) is 5.42. The molecule has 2 aromatic rings. The van der Waals surface area contributed by atoms with Gasteiger partial charge < -0.3 is 20.7 Å². The lowest BCUT2D eigenvalue weighted by atomic mass is 9.97. The largest absolute Gasteiger partial charge is 0.483 e. The Hall–Kier alpha value is -3.09. The molecule has 30 heavy (non-hydrogen) atoms. The van der Waals surface area contributed by atoms with Gasteiger partial charge in [0, 0.05) is 13.1 Å². The van der Waals surface area contributed by atoms with Crippen LogP contribution < -0.4 is 20.7 Å². The summed E-state index contributed by atoms with van der Waals surface area (Å²) in [5.74, 6) is 1.23. The molecule has 1 saturated heterocycles. The van der Waals surface area contributed by atoms with Crippen LogP contribution in [0.2, 0.25) is 0 Å². The van der Waals surface area contributed by atoms with E-state index in [1.807, 2.05) is 25.1 Å². The number of piperidine rings is 1. The number of carbonyl (C=O) groups excluding carboxylic acids is 2. The number of benzene rings is 1. The van der Waals surface area contributed by atoms with Gasteiger partial charge in [-0.05, 0) is 55.0 Å². The van der Waals surface area contributed by atoms with Crippen molar-refractivity contribution in [3.8, 4) is 5.75 Å². The number of hydrogen-bond acceptors (Lipinski definition) is 5. The maximum Gasteiger partial charge on any atom is 0.262 e. The van der Waals surface area contributed by atoms with Gasteiger partial charge in [-0.25, -0.2) is 4.98 Å². The summed E-state index contributed by atoms with van der Waals surface area (Å²) in [6.45, 7) is 7.55. The molecule has 1 unspecified atom stereocenters. The van der Waals surface area contributed by atoms with Gasteiger partial charge in [-0.2, -0.15) is 0 Å². The Balaban J connectivity index is 1.55. The first-order valence-electron chi connectivity index (χ1n) is 10.4. The quantitative estimate of drug-likeness (QED) is 0.730. The maximum atomic E-state index is 12.3. The average Bonchev–Trinajstić information content (AvgIpc) is 2.73. The van der Waals surface area contributed by atoms with E-state index in [1.54, 1.807) is 12.3 Å². The molecule has 1 aromatic heterocycles. The molecule has 1 fully saturated rings. The SMILES string of the molecule is Cc1ccc(C(C)C)cc1OCC(=O)Nc1ccc(N2CCCC(C(N)=O)C2)nc1. The molecule has 3 rings (SSSR count). The van der Waals surface area contributed by atoms with Crippen LogP contribution in [-0.4, -0.2) is 36.5 Å². The van der Waals surface area contributed by atoms with Crippen molar-refractivity contribution in [3.63, 3.8) is 0 Å². The highest BCUT2D eigenvalue weighted by molar-refractivity contribution is 5.91. The first kappa shape index (κ1) is 21.6. The van der Waals surface area contributed by atoms with Gasteiger partial charge in [0.05, 0.1) is 17.8 Å². The molecule has 1 aromatic carbocycles. The minimum absolute atomic E-state index is 0.0729. The standard InChI is InChI=1S/C23H30N4O3/c1-15(2)17-7-6-16(3)20(11-17)30-14-22(28)26-19-8-9-21(25-12-19)27-10-4-5-18(13-27)23(24)29/h6-9,11-12,15,18H,4-5,10,13-14H2,1-3H3,(H2,24,29)(H,26,28). The van der Waals surface area contributed by atoms with Gasteiger partial charge in [0.2, 0.25) is 5.91 Å². The Kier molecular flexibility index (Phi) is 6.92. The van der Waals surface area contributed by atoms with Crippen molar-refractivity contribution in [2.24, 2.45) is 11.7 Å². The zero-order chi connectivity index (χ0) is 21.7. The van der Waals surface area contributed by atoms with Crippen molar-refractivity contribution in [2.75, 3.05) is 29.9 Å². The van der Waals surface area contributed by atoms with Crippen LogP contribution in [0.3, 0.4) is 0 Å². The predicted molar refractivity (Wildman–Crippen MR) is 118 cm³/mol. The van der Waals surface area contributed by atoms with Crippen LogP contribution in [0, 0.1) is 12.8 Å². The molecule has 2 amide bonds. The zero-order valence-corrected chi connectivity index (χ0v) is 17.9. The highest BCUT2D eigenvalue weighted by atomic mass is 16.5. The molecule has 0 saturated carbocycles. The summed E-state index contributed by atoms with van der Waals surface area (Å²) in [7, 11) is 0. The highest BCUT2D eigenvalue weighted by Crippen LogP contribution is 2.25. The summed E-state index contributed by atoms with van der Waals surface area (Å²) in [5.41, 5.74) is 8.21. The normalized spacial score (nSPS) is 16.4. The van der Waals surface area contributed by atoms with Crippen molar-refractivity contribution in [2.45, 2.75) is 39.5 Å². The van der Waals surface area contributed by atoms with E-state index in [0.29, 0.717) is 18.2 Å². The van der Waals surface area contributed by atoms with E-state index in [9.17, 15) is 9.59 Å². The molecule has 7 heteroatoms. The van der Waals surface area contributed by atoms with Gasteiger partial charge in [-0.1, -0.05) is 26.0 Å². The first-order valence-corrected chi connectivity index (χ1v) is 10.4. The summed E-state index contributed by atoms with van der Waals surface area (Å²) in [5, 5.41) is 2.81. The van der Waals surface area contributed by atoms with E-state index in [1.165, 1.54) is 5.56 Å². The molecule has 0 radical (unpaired) electrons. The van der Waals surface area contributed by atoms with E-state index in [2.05, 4.69) is 35.1 Å². The Bertz CT molecular complexity index is 896. The van der Waals surface area contributed by atoms with Crippen molar-refractivity contribution in [3.05, 3.63) is 47.7 Å². The van der Waals surface area contributed by atoms with Crippen LogP contribution in [0.5, 0.6) is 5.75 Å². The Morgan fingerprint density at radius 3 is 2.77 bits per heavy atom. The van der Waals surface area contributed by atoms with E-state index in [-0.39, 0.29) is 24.3 Å². The Morgan fingerprint density at radius 1 is 1.30 bits per heavy atom. The molecule has 1 atom stereocenters. The van der Waals surface area contributed by atoms with Crippen molar-refractivity contribution < 1.29 is 14.3 Å². The summed E-state index contributed by atoms with van der Waals surface area (Å²) in [6, 6.07) is 9.72. The third-order valence-electron chi connectivity index (χ3n) is 5.42. The van der Waals surface area contributed by atoms with Crippen LogP contribution in [0.15, 0.2) is 36.5 Å². The smallest absolute Gasteiger partial charge is 0.262 e. The van der Waals surface area contributed by atoms with Gasteiger partial charge in [0.15, 0.2) is 6.61 Å². The molecular formula is C23H30N4O3. The summed E-state index contributed by atoms with van der Waals surface area (Å²) < 4.78 is 5.73. The summed E-state index contributed by atoms with van der Waals surface area (Å²) in [6.07, 6.45) is 3.34. The van der Waals surface area contributed by atoms with Crippen LogP contribution in [0.25, 0.3) is 0 Å². The average molecular weight is 411 g/mol. The number of nitrogens with two attached hydrogens (primary N) is 1. The number of nitrogens with zero attached hydrogens (tertiary/aromatic N) is 2. The number of rotatable bonds is 7. The number of aromatic nitrogens is 1. The number of aryl methyl sites for hydroxylation is 1. The van der Waals surface area contributed by atoms with Crippen LogP contribution >= 0.6 is 0 Å². The fourth-order valence-electron chi connectivity index (χ4n) is 3.54. The summed E-state index contributed by atoms with van der Waals surface area (Å²) in [4.78, 5) is 30.2. The molecule has 0 aliphatic carbocycles. The minimum Gasteiger partial charge on any atom is -0.483 e. The van der Waals surface area contributed by atoms with Gasteiger partial charge in [-0.3, -0.25) is 9.59 Å². The molecule has 0 bridgehead atoms. The number of hydrogen-bond donors (Lipinski definition) is 2. The monoisotopic (exact) mass is 410 g/mol. The number of nitrogens with one attached hydrogen (secondary N) is 1. The predicted octanol–water partition coefficient (Wildman–Crippen LogP) is 3.23. The molecular weight excluding hydrogens is 380 g/mol. The maximum absolute atomic E-state index is 12.3. The van der Waals surface area contributed by atoms with Gasteiger partial charge in [0.1, 0.15) is 11.6 Å².